The first-order chi connectivity index (χ1) is 8.19. The molecule has 0 radical (unpaired) electrons. The van der Waals surface area contributed by atoms with E-state index in [4.69, 9.17) is 0 Å². The van der Waals surface area contributed by atoms with Gasteiger partial charge in [-0.2, -0.15) is 0 Å². The molecule has 0 spiro atoms. The summed E-state index contributed by atoms with van der Waals surface area (Å²) < 4.78 is 0. The van der Waals surface area contributed by atoms with Crippen molar-refractivity contribution in [2.75, 3.05) is 19.6 Å². The number of rotatable bonds is 8. The summed E-state index contributed by atoms with van der Waals surface area (Å²) in [6, 6.07) is 5.49. The summed E-state index contributed by atoms with van der Waals surface area (Å²) in [7, 11) is 0. The Kier molecular flexibility index (Phi) is 6.78. The third-order valence-electron chi connectivity index (χ3n) is 3.44. The van der Waals surface area contributed by atoms with Crippen molar-refractivity contribution in [1.29, 1.82) is 0 Å². The maximum atomic E-state index is 3.60. The molecule has 0 aliphatic carbocycles. The van der Waals surface area contributed by atoms with Crippen LogP contribution in [-0.4, -0.2) is 30.6 Å². The Morgan fingerprint density at radius 2 is 2.12 bits per heavy atom. The fourth-order valence-corrected chi connectivity index (χ4v) is 2.77. The molecule has 1 rings (SSSR count). The van der Waals surface area contributed by atoms with Gasteiger partial charge in [-0.25, -0.2) is 0 Å². The number of hydrogen-bond donors (Lipinski definition) is 1. The first kappa shape index (κ1) is 14.7. The van der Waals surface area contributed by atoms with Crippen LogP contribution in [0.5, 0.6) is 0 Å². The SMILES string of the molecule is CCC(C)N(CC)CCNC(C)c1cccs1. The number of thiophene rings is 1. The molecule has 2 nitrogen and oxygen atoms in total. The molecule has 0 amide bonds. The molecule has 17 heavy (non-hydrogen) atoms. The highest BCUT2D eigenvalue weighted by Gasteiger charge is 2.10. The summed E-state index contributed by atoms with van der Waals surface area (Å²) in [5, 5.41) is 5.74. The molecular formula is C14H26N2S. The summed E-state index contributed by atoms with van der Waals surface area (Å²) in [6.45, 7) is 12.4. The molecule has 1 N–H and O–H groups in total. The Morgan fingerprint density at radius 1 is 1.35 bits per heavy atom. The van der Waals surface area contributed by atoms with Crippen LogP contribution in [0.4, 0.5) is 0 Å². The van der Waals surface area contributed by atoms with Gasteiger partial charge in [-0.15, -0.1) is 11.3 Å². The lowest BCUT2D eigenvalue weighted by atomic mass is 10.2. The summed E-state index contributed by atoms with van der Waals surface area (Å²) in [5.74, 6) is 0. The lowest BCUT2D eigenvalue weighted by molar-refractivity contribution is 0.213. The van der Waals surface area contributed by atoms with E-state index in [0.29, 0.717) is 12.1 Å². The topological polar surface area (TPSA) is 15.3 Å². The fourth-order valence-electron chi connectivity index (χ4n) is 2.01. The molecule has 0 bridgehead atoms. The Balaban J connectivity index is 2.26. The molecule has 0 saturated carbocycles. The first-order valence-electron chi connectivity index (χ1n) is 6.69. The molecule has 2 unspecified atom stereocenters. The molecule has 1 aromatic heterocycles. The normalized spacial score (nSPS) is 15.1. The Hall–Kier alpha value is -0.380. The van der Waals surface area contributed by atoms with E-state index < -0.39 is 0 Å². The van der Waals surface area contributed by atoms with Crippen molar-refractivity contribution in [3.8, 4) is 0 Å². The van der Waals surface area contributed by atoms with E-state index in [-0.39, 0.29) is 0 Å². The molecule has 2 atom stereocenters. The van der Waals surface area contributed by atoms with E-state index in [0.717, 1.165) is 19.6 Å². The average Bonchev–Trinajstić information content (AvgIpc) is 2.87. The Morgan fingerprint density at radius 3 is 2.65 bits per heavy atom. The number of hydrogen-bond acceptors (Lipinski definition) is 3. The second-order valence-corrected chi connectivity index (χ2v) is 5.56. The molecule has 1 heterocycles. The second kappa shape index (κ2) is 7.85. The van der Waals surface area contributed by atoms with E-state index in [1.54, 1.807) is 0 Å². The van der Waals surface area contributed by atoms with Crippen LogP contribution in [-0.2, 0) is 0 Å². The second-order valence-electron chi connectivity index (χ2n) is 4.58. The number of nitrogens with zero attached hydrogens (tertiary/aromatic N) is 1. The van der Waals surface area contributed by atoms with Crippen LogP contribution in [0.3, 0.4) is 0 Å². The fraction of sp³-hybridized carbons (Fsp3) is 0.714. The highest BCUT2D eigenvalue weighted by atomic mass is 32.1. The van der Waals surface area contributed by atoms with Gasteiger partial charge in [-0.05, 0) is 38.3 Å². The lowest BCUT2D eigenvalue weighted by Gasteiger charge is -2.27. The summed E-state index contributed by atoms with van der Waals surface area (Å²) in [4.78, 5) is 3.96. The van der Waals surface area contributed by atoms with Crippen molar-refractivity contribution in [3.05, 3.63) is 22.4 Å². The standard InChI is InChI=1S/C14H26N2S/c1-5-12(3)16(6-2)10-9-15-13(4)14-8-7-11-17-14/h7-8,11-13,15H,5-6,9-10H2,1-4H3. The molecule has 0 aromatic carbocycles. The summed E-state index contributed by atoms with van der Waals surface area (Å²) in [5.41, 5.74) is 0. The van der Waals surface area contributed by atoms with E-state index in [9.17, 15) is 0 Å². The minimum atomic E-state index is 0.477. The van der Waals surface area contributed by atoms with Crippen LogP contribution in [0.15, 0.2) is 17.5 Å². The molecule has 98 valence electrons. The van der Waals surface area contributed by atoms with E-state index in [2.05, 4.69) is 55.4 Å². The van der Waals surface area contributed by atoms with Gasteiger partial charge < -0.3 is 5.32 Å². The van der Waals surface area contributed by atoms with Crippen molar-refractivity contribution < 1.29 is 0 Å². The summed E-state index contributed by atoms with van der Waals surface area (Å²) >= 11 is 1.83. The molecule has 3 heteroatoms. The van der Waals surface area contributed by atoms with Crippen LogP contribution < -0.4 is 5.32 Å². The maximum absolute atomic E-state index is 3.60. The van der Waals surface area contributed by atoms with Crippen LogP contribution in [0.25, 0.3) is 0 Å². The van der Waals surface area contributed by atoms with Crippen molar-refractivity contribution in [2.24, 2.45) is 0 Å². The highest BCUT2D eigenvalue weighted by Crippen LogP contribution is 2.17. The van der Waals surface area contributed by atoms with Crippen LogP contribution in [0.1, 0.15) is 45.0 Å². The van der Waals surface area contributed by atoms with Crippen molar-refractivity contribution in [2.45, 2.75) is 46.2 Å². The van der Waals surface area contributed by atoms with Gasteiger partial charge in [-0.1, -0.05) is 19.9 Å². The van der Waals surface area contributed by atoms with Gasteiger partial charge in [0, 0.05) is 30.1 Å². The zero-order valence-electron chi connectivity index (χ0n) is 11.6. The van der Waals surface area contributed by atoms with Crippen LogP contribution in [0, 0.1) is 0 Å². The number of nitrogens with one attached hydrogen (secondary N) is 1. The summed E-state index contributed by atoms with van der Waals surface area (Å²) in [6.07, 6.45) is 1.23. The molecule has 0 aliphatic heterocycles. The molecule has 0 aliphatic rings. The average molecular weight is 254 g/mol. The third kappa shape index (κ3) is 4.78. The van der Waals surface area contributed by atoms with Gasteiger partial charge in [0.25, 0.3) is 0 Å². The Bertz CT molecular complexity index is 284. The predicted octanol–water partition coefficient (Wildman–Crippen LogP) is 3.52. The van der Waals surface area contributed by atoms with Gasteiger partial charge in [0.2, 0.25) is 0 Å². The van der Waals surface area contributed by atoms with Gasteiger partial charge in [0.05, 0.1) is 0 Å². The van der Waals surface area contributed by atoms with Gasteiger partial charge >= 0.3 is 0 Å². The van der Waals surface area contributed by atoms with Gasteiger partial charge in [0.15, 0.2) is 0 Å². The van der Waals surface area contributed by atoms with E-state index in [1.807, 2.05) is 11.3 Å². The van der Waals surface area contributed by atoms with Gasteiger partial charge in [0.1, 0.15) is 0 Å². The molecule has 1 aromatic rings. The Labute approximate surface area is 110 Å². The molecule has 0 saturated heterocycles. The van der Waals surface area contributed by atoms with Gasteiger partial charge in [-0.3, -0.25) is 4.90 Å². The highest BCUT2D eigenvalue weighted by molar-refractivity contribution is 7.10. The van der Waals surface area contributed by atoms with E-state index >= 15 is 0 Å². The lowest BCUT2D eigenvalue weighted by Crippen LogP contribution is -2.38. The zero-order valence-corrected chi connectivity index (χ0v) is 12.4. The first-order valence-corrected chi connectivity index (χ1v) is 7.57. The number of likely N-dealkylation sites (N-methyl/N-ethyl adjacent to an activating group) is 1. The molecular weight excluding hydrogens is 228 g/mol. The van der Waals surface area contributed by atoms with Crippen molar-refractivity contribution >= 4 is 11.3 Å². The third-order valence-corrected chi connectivity index (χ3v) is 4.49. The van der Waals surface area contributed by atoms with Crippen molar-refractivity contribution in [1.82, 2.24) is 10.2 Å². The predicted molar refractivity (Wildman–Crippen MR) is 77.7 cm³/mol. The smallest absolute Gasteiger partial charge is 0.0386 e. The van der Waals surface area contributed by atoms with Crippen molar-refractivity contribution in [3.63, 3.8) is 0 Å². The maximum Gasteiger partial charge on any atom is 0.0386 e. The minimum Gasteiger partial charge on any atom is -0.308 e. The largest absolute Gasteiger partial charge is 0.308 e. The quantitative estimate of drug-likeness (QED) is 0.763. The zero-order chi connectivity index (χ0) is 12.7. The molecule has 0 fully saturated rings. The van der Waals surface area contributed by atoms with Crippen LogP contribution in [0.2, 0.25) is 0 Å². The monoisotopic (exact) mass is 254 g/mol. The van der Waals surface area contributed by atoms with Crippen LogP contribution >= 0.6 is 11.3 Å². The minimum absolute atomic E-state index is 0.477. The van der Waals surface area contributed by atoms with E-state index in [1.165, 1.54) is 11.3 Å².